The highest BCUT2D eigenvalue weighted by atomic mass is 32.1. The van der Waals surface area contributed by atoms with Crippen LogP contribution in [0.4, 0.5) is 0 Å². The molecule has 0 aliphatic rings. The van der Waals surface area contributed by atoms with Gasteiger partial charge in [-0.1, -0.05) is 96.8 Å². The van der Waals surface area contributed by atoms with Crippen molar-refractivity contribution in [1.82, 2.24) is 0 Å². The van der Waals surface area contributed by atoms with Crippen molar-refractivity contribution < 1.29 is 9.84 Å². The van der Waals surface area contributed by atoms with Crippen LogP contribution >= 0.6 is 12.6 Å². The van der Waals surface area contributed by atoms with Gasteiger partial charge >= 0.3 is 0 Å². The third-order valence-corrected chi connectivity index (χ3v) is 4.82. The molecule has 1 atom stereocenters. The predicted octanol–water partition coefficient (Wildman–Crippen LogP) is 6.51. The van der Waals surface area contributed by atoms with Crippen LogP contribution < -0.4 is 0 Å². The average Bonchev–Trinajstić information content (AvgIpc) is 2.55. The number of aliphatic hydroxyl groups excluding tert-OH is 1. The minimum absolute atomic E-state index is 0.0545. The molecular formula is C20H42O2S. The molecule has 0 fully saturated rings. The Bertz CT molecular complexity index is 212. The van der Waals surface area contributed by atoms with Crippen molar-refractivity contribution in [2.75, 3.05) is 13.2 Å². The number of aliphatic hydroxyl groups is 1. The highest BCUT2D eigenvalue weighted by Crippen LogP contribution is 2.15. The molecule has 0 radical (unpaired) electrons. The maximum Gasteiger partial charge on any atom is 0.0999 e. The first kappa shape index (κ1) is 23.3. The van der Waals surface area contributed by atoms with E-state index >= 15 is 0 Å². The van der Waals surface area contributed by atoms with Crippen LogP contribution in [-0.2, 0) is 4.74 Å². The van der Waals surface area contributed by atoms with Gasteiger partial charge in [0.2, 0.25) is 0 Å². The van der Waals surface area contributed by atoms with Gasteiger partial charge in [-0.3, -0.25) is 0 Å². The van der Waals surface area contributed by atoms with Gasteiger partial charge in [0.15, 0.2) is 0 Å². The lowest BCUT2D eigenvalue weighted by Gasteiger charge is -2.11. The largest absolute Gasteiger partial charge is 0.396 e. The molecule has 23 heavy (non-hydrogen) atoms. The first-order valence-electron chi connectivity index (χ1n) is 10.2. The van der Waals surface area contributed by atoms with E-state index in [9.17, 15) is 0 Å². The lowest BCUT2D eigenvalue weighted by atomic mass is 10.0. The molecule has 2 nitrogen and oxygen atoms in total. The summed E-state index contributed by atoms with van der Waals surface area (Å²) in [5, 5.41) is 8.68. The number of unbranched alkanes of at least 4 members (excludes halogenated alkanes) is 13. The zero-order valence-electron chi connectivity index (χ0n) is 15.6. The minimum Gasteiger partial charge on any atom is -0.396 e. The van der Waals surface area contributed by atoms with Gasteiger partial charge in [-0.15, -0.1) is 12.6 Å². The molecule has 0 saturated heterocycles. The summed E-state index contributed by atoms with van der Waals surface area (Å²) in [6, 6.07) is 0. The number of ether oxygens (including phenoxy) is 1. The highest BCUT2D eigenvalue weighted by molar-refractivity contribution is 7.80. The number of hydrogen-bond acceptors (Lipinski definition) is 3. The molecule has 0 aromatic heterocycles. The van der Waals surface area contributed by atoms with Gasteiger partial charge in [0, 0.05) is 6.61 Å². The molecule has 0 bridgehead atoms. The molecule has 0 heterocycles. The summed E-state index contributed by atoms with van der Waals surface area (Å²) in [5.74, 6) is 0. The molecule has 0 aliphatic carbocycles. The molecule has 3 heteroatoms. The molecule has 0 saturated carbocycles. The van der Waals surface area contributed by atoms with Crippen molar-refractivity contribution in [3.8, 4) is 0 Å². The first-order valence-corrected chi connectivity index (χ1v) is 10.7. The Labute approximate surface area is 151 Å². The van der Waals surface area contributed by atoms with E-state index in [0.29, 0.717) is 6.61 Å². The van der Waals surface area contributed by atoms with Crippen molar-refractivity contribution in [1.29, 1.82) is 0 Å². The van der Waals surface area contributed by atoms with Crippen LogP contribution in [0, 0.1) is 0 Å². The van der Waals surface area contributed by atoms with Crippen LogP contribution in [0.3, 0.4) is 0 Å². The van der Waals surface area contributed by atoms with Crippen molar-refractivity contribution in [2.24, 2.45) is 0 Å². The van der Waals surface area contributed by atoms with Crippen LogP contribution in [0.1, 0.15) is 110 Å². The second-order valence-corrected chi connectivity index (χ2v) is 7.36. The van der Waals surface area contributed by atoms with Crippen LogP contribution in [0.15, 0.2) is 0 Å². The maximum absolute atomic E-state index is 8.68. The molecule has 140 valence electrons. The molecule has 0 aromatic rings. The van der Waals surface area contributed by atoms with Crippen molar-refractivity contribution in [3.05, 3.63) is 0 Å². The van der Waals surface area contributed by atoms with Crippen molar-refractivity contribution in [2.45, 2.75) is 115 Å². The van der Waals surface area contributed by atoms with E-state index < -0.39 is 0 Å². The number of rotatable bonds is 19. The molecule has 0 amide bonds. The van der Waals surface area contributed by atoms with Gasteiger partial charge in [-0.2, -0.15) is 0 Å². The fourth-order valence-corrected chi connectivity index (χ4v) is 3.17. The van der Waals surface area contributed by atoms with Gasteiger partial charge < -0.3 is 9.84 Å². The summed E-state index contributed by atoms with van der Waals surface area (Å²) in [5.41, 5.74) is 0.0545. The highest BCUT2D eigenvalue weighted by Gasteiger charge is 2.02. The third-order valence-electron chi connectivity index (χ3n) is 4.42. The monoisotopic (exact) mass is 346 g/mol. The summed E-state index contributed by atoms with van der Waals surface area (Å²) in [6.45, 7) is 3.12. The Morgan fingerprint density at radius 2 is 1.13 bits per heavy atom. The Hall–Kier alpha value is 0.270. The molecule has 0 aromatic carbocycles. The Morgan fingerprint density at radius 3 is 1.57 bits per heavy atom. The van der Waals surface area contributed by atoms with Crippen molar-refractivity contribution >= 4 is 12.6 Å². The van der Waals surface area contributed by atoms with E-state index in [4.69, 9.17) is 9.84 Å². The second kappa shape index (κ2) is 20.3. The molecule has 1 N–H and O–H groups in total. The van der Waals surface area contributed by atoms with Crippen LogP contribution in [0.5, 0.6) is 0 Å². The Kier molecular flexibility index (Phi) is 20.6. The predicted molar refractivity (Wildman–Crippen MR) is 105 cm³/mol. The van der Waals surface area contributed by atoms with E-state index in [-0.39, 0.29) is 12.0 Å². The number of hydrogen-bond donors (Lipinski definition) is 2. The number of thiol groups is 1. The Balaban J connectivity index is 3.05. The molecule has 0 rings (SSSR count). The van der Waals surface area contributed by atoms with E-state index in [2.05, 4.69) is 19.6 Å². The molecule has 0 aliphatic heterocycles. The quantitative estimate of drug-likeness (QED) is 0.158. The minimum atomic E-state index is 0.0545. The topological polar surface area (TPSA) is 29.5 Å². The van der Waals surface area contributed by atoms with Crippen molar-refractivity contribution in [3.63, 3.8) is 0 Å². The van der Waals surface area contributed by atoms with E-state index in [1.54, 1.807) is 0 Å². The standard InChI is InChI=1S/C20H42O2S/c1-2-3-4-5-6-7-8-9-10-11-12-13-14-15-17-20(23)22-19-16-18-21/h20-21,23H,2-19H2,1H3. The van der Waals surface area contributed by atoms with Crippen LogP contribution in [0.2, 0.25) is 0 Å². The first-order chi connectivity index (χ1) is 11.3. The van der Waals surface area contributed by atoms with Crippen LogP contribution in [0.25, 0.3) is 0 Å². The zero-order valence-corrected chi connectivity index (χ0v) is 16.5. The summed E-state index contributed by atoms with van der Waals surface area (Å²) < 4.78 is 5.50. The van der Waals surface area contributed by atoms with E-state index in [1.165, 1.54) is 89.9 Å². The lowest BCUT2D eigenvalue weighted by molar-refractivity contribution is 0.0921. The average molecular weight is 347 g/mol. The lowest BCUT2D eigenvalue weighted by Crippen LogP contribution is -2.07. The molecule has 1 unspecified atom stereocenters. The van der Waals surface area contributed by atoms with E-state index in [0.717, 1.165) is 12.8 Å². The van der Waals surface area contributed by atoms with Gasteiger partial charge in [0.25, 0.3) is 0 Å². The summed E-state index contributed by atoms with van der Waals surface area (Å²) in [7, 11) is 0. The summed E-state index contributed by atoms with van der Waals surface area (Å²) in [4.78, 5) is 0. The van der Waals surface area contributed by atoms with E-state index in [1.807, 2.05) is 0 Å². The van der Waals surface area contributed by atoms with Crippen LogP contribution in [-0.4, -0.2) is 23.8 Å². The maximum atomic E-state index is 8.68. The van der Waals surface area contributed by atoms with Gasteiger partial charge in [-0.05, 0) is 12.8 Å². The molecular weight excluding hydrogens is 304 g/mol. The zero-order chi connectivity index (χ0) is 17.0. The summed E-state index contributed by atoms with van der Waals surface area (Å²) in [6.07, 6.45) is 21.3. The SMILES string of the molecule is CCCCCCCCCCCCCCCCC(S)OCCCO. The normalized spacial score (nSPS) is 12.7. The Morgan fingerprint density at radius 1 is 0.696 bits per heavy atom. The molecule has 0 spiro atoms. The second-order valence-electron chi connectivity index (χ2n) is 6.79. The van der Waals surface area contributed by atoms with Gasteiger partial charge in [0.05, 0.1) is 12.0 Å². The fourth-order valence-electron chi connectivity index (χ4n) is 2.88. The van der Waals surface area contributed by atoms with Gasteiger partial charge in [-0.25, -0.2) is 0 Å². The fraction of sp³-hybridized carbons (Fsp3) is 1.00. The van der Waals surface area contributed by atoms with Gasteiger partial charge in [0.1, 0.15) is 0 Å². The summed E-state index contributed by atoms with van der Waals surface area (Å²) >= 11 is 4.42. The third kappa shape index (κ3) is 20.2. The smallest absolute Gasteiger partial charge is 0.0999 e.